The van der Waals surface area contributed by atoms with E-state index in [2.05, 4.69) is 13.8 Å². The van der Waals surface area contributed by atoms with Crippen LogP contribution in [-0.4, -0.2) is 29.9 Å². The minimum Gasteiger partial charge on any atom is -0.494 e. The first-order chi connectivity index (χ1) is 18.9. The monoisotopic (exact) mass is 531 g/mol. The molecule has 0 fully saturated rings. The number of nitrogens with zero attached hydrogens (tertiary/aromatic N) is 1. The molecule has 8 heteroatoms. The summed E-state index contributed by atoms with van der Waals surface area (Å²) in [5, 5.41) is 11.7. The average molecular weight is 532 g/mol. The molecule has 0 N–H and O–H groups in total. The number of hydrogen-bond acceptors (Lipinski definition) is 7. The molecule has 0 amide bonds. The Balaban J connectivity index is 1.64. The number of ketones is 1. The Bertz CT molecular complexity index is 1280. The van der Waals surface area contributed by atoms with Gasteiger partial charge in [-0.25, -0.2) is 4.79 Å². The van der Waals surface area contributed by atoms with Crippen molar-refractivity contribution in [2.24, 2.45) is 0 Å². The van der Waals surface area contributed by atoms with Crippen molar-refractivity contribution < 1.29 is 28.7 Å². The van der Waals surface area contributed by atoms with E-state index in [0.717, 1.165) is 49.5 Å². The predicted octanol–water partition coefficient (Wildman–Crippen LogP) is 7.46. The average Bonchev–Trinajstić information content (AvgIpc) is 2.95. The van der Waals surface area contributed by atoms with Gasteiger partial charge in [-0.2, -0.15) is 0 Å². The van der Waals surface area contributed by atoms with Crippen LogP contribution in [0.25, 0.3) is 6.08 Å². The smallest absolute Gasteiger partial charge is 0.343 e. The molecule has 0 saturated heterocycles. The van der Waals surface area contributed by atoms with E-state index < -0.39 is 22.4 Å². The maximum Gasteiger partial charge on any atom is 0.343 e. The van der Waals surface area contributed by atoms with Gasteiger partial charge in [0, 0.05) is 11.6 Å². The van der Waals surface area contributed by atoms with E-state index in [4.69, 9.17) is 14.2 Å². The molecule has 0 atom stereocenters. The number of nitro benzene ring substituents is 1. The highest BCUT2D eigenvalue weighted by Gasteiger charge is 2.21. The van der Waals surface area contributed by atoms with Crippen LogP contribution in [0.2, 0.25) is 0 Å². The standard InChI is InChI=1S/C31H33NO7/c1-3-5-7-21-38-26-14-8-23(9-15-26)10-18-29(33)25-13-19-30(28(22-25)32(35)36)39-31(34)24-11-16-27(17-12-24)37-20-6-4-2/h8-19,22H,3-7,20-21H2,1-2H3/b18-10+. The van der Waals surface area contributed by atoms with Crippen LogP contribution in [0.5, 0.6) is 17.2 Å². The molecule has 0 aliphatic heterocycles. The largest absolute Gasteiger partial charge is 0.494 e. The number of allylic oxidation sites excluding steroid dienone is 1. The lowest BCUT2D eigenvalue weighted by Crippen LogP contribution is -2.10. The maximum absolute atomic E-state index is 12.7. The van der Waals surface area contributed by atoms with Crippen molar-refractivity contribution in [3.05, 3.63) is 99.6 Å². The minimum atomic E-state index is -0.755. The molecule has 8 nitrogen and oxygen atoms in total. The molecular weight excluding hydrogens is 498 g/mol. The van der Waals surface area contributed by atoms with Crippen LogP contribution >= 0.6 is 0 Å². The van der Waals surface area contributed by atoms with Crippen molar-refractivity contribution in [1.29, 1.82) is 0 Å². The molecule has 0 spiro atoms. The first-order valence-corrected chi connectivity index (χ1v) is 13.1. The van der Waals surface area contributed by atoms with Crippen LogP contribution in [0.15, 0.2) is 72.8 Å². The van der Waals surface area contributed by atoms with Crippen molar-refractivity contribution in [3.63, 3.8) is 0 Å². The summed E-state index contributed by atoms with van der Waals surface area (Å²) in [5.41, 5.74) is 0.618. The molecule has 3 aromatic rings. The van der Waals surface area contributed by atoms with Gasteiger partial charge < -0.3 is 14.2 Å². The highest BCUT2D eigenvalue weighted by molar-refractivity contribution is 6.07. The predicted molar refractivity (Wildman–Crippen MR) is 150 cm³/mol. The van der Waals surface area contributed by atoms with Gasteiger partial charge in [0.25, 0.3) is 0 Å². The van der Waals surface area contributed by atoms with Crippen molar-refractivity contribution in [2.75, 3.05) is 13.2 Å². The number of carbonyl (C=O) groups excluding carboxylic acids is 2. The van der Waals surface area contributed by atoms with Gasteiger partial charge in [-0.3, -0.25) is 14.9 Å². The number of unbranched alkanes of at least 4 members (excludes halogenated alkanes) is 3. The van der Waals surface area contributed by atoms with E-state index in [1.54, 1.807) is 18.2 Å². The number of hydrogen-bond donors (Lipinski definition) is 0. The highest BCUT2D eigenvalue weighted by Crippen LogP contribution is 2.29. The molecule has 204 valence electrons. The molecular formula is C31H33NO7. The quantitative estimate of drug-likeness (QED) is 0.0381. The van der Waals surface area contributed by atoms with Crippen LogP contribution in [0.4, 0.5) is 5.69 Å². The normalized spacial score (nSPS) is 10.8. The Morgan fingerprint density at radius 2 is 1.38 bits per heavy atom. The molecule has 0 aromatic heterocycles. The van der Waals surface area contributed by atoms with Gasteiger partial charge in [0.2, 0.25) is 5.75 Å². The SMILES string of the molecule is CCCCCOc1ccc(/C=C/C(=O)c2ccc(OC(=O)c3ccc(OCCCC)cc3)c([N+](=O)[O-])c2)cc1. The second kappa shape index (κ2) is 15.1. The van der Waals surface area contributed by atoms with Gasteiger partial charge in [-0.15, -0.1) is 0 Å². The summed E-state index contributed by atoms with van der Waals surface area (Å²) >= 11 is 0. The number of rotatable bonds is 15. The Hall–Kier alpha value is -4.46. The lowest BCUT2D eigenvalue weighted by molar-refractivity contribution is -0.385. The van der Waals surface area contributed by atoms with Crippen LogP contribution in [-0.2, 0) is 0 Å². The van der Waals surface area contributed by atoms with Crippen LogP contribution in [0.3, 0.4) is 0 Å². The summed E-state index contributed by atoms with van der Waals surface area (Å²) in [6, 6.07) is 17.4. The van der Waals surface area contributed by atoms with E-state index >= 15 is 0 Å². The fourth-order valence-electron chi connectivity index (χ4n) is 3.57. The van der Waals surface area contributed by atoms with Crippen molar-refractivity contribution >= 4 is 23.5 Å². The fourth-order valence-corrected chi connectivity index (χ4v) is 3.57. The third-order valence-electron chi connectivity index (χ3n) is 5.82. The van der Waals surface area contributed by atoms with Gasteiger partial charge in [-0.05, 0) is 73.0 Å². The van der Waals surface area contributed by atoms with Crippen molar-refractivity contribution in [3.8, 4) is 17.2 Å². The molecule has 0 unspecified atom stereocenters. The Morgan fingerprint density at radius 3 is 2.00 bits per heavy atom. The van der Waals surface area contributed by atoms with Crippen molar-refractivity contribution in [2.45, 2.75) is 46.0 Å². The van der Waals surface area contributed by atoms with Gasteiger partial charge in [-0.1, -0.05) is 51.3 Å². The molecule has 3 aromatic carbocycles. The molecule has 39 heavy (non-hydrogen) atoms. The summed E-state index contributed by atoms with van der Waals surface area (Å²) in [4.78, 5) is 36.2. The maximum atomic E-state index is 12.7. The molecule has 0 bridgehead atoms. The molecule has 0 aliphatic carbocycles. The van der Waals surface area contributed by atoms with E-state index in [1.807, 2.05) is 24.3 Å². The topological polar surface area (TPSA) is 105 Å². The third-order valence-corrected chi connectivity index (χ3v) is 5.82. The third kappa shape index (κ3) is 9.10. The van der Waals surface area contributed by atoms with Crippen molar-refractivity contribution in [1.82, 2.24) is 0 Å². The molecule has 0 radical (unpaired) electrons. The zero-order chi connectivity index (χ0) is 28.0. The molecule has 0 saturated carbocycles. The Kier molecular flexibility index (Phi) is 11.2. The zero-order valence-electron chi connectivity index (χ0n) is 22.3. The summed E-state index contributed by atoms with van der Waals surface area (Å²) in [6.07, 6.45) is 8.13. The lowest BCUT2D eigenvalue weighted by Gasteiger charge is -2.08. The number of esters is 1. The summed E-state index contributed by atoms with van der Waals surface area (Å²) in [6.45, 7) is 5.43. The van der Waals surface area contributed by atoms with E-state index in [9.17, 15) is 19.7 Å². The summed E-state index contributed by atoms with van der Waals surface area (Å²) < 4.78 is 16.5. The molecule has 0 heterocycles. The van der Waals surface area contributed by atoms with E-state index in [1.165, 1.54) is 30.3 Å². The second-order valence-electron chi connectivity index (χ2n) is 8.88. The fraction of sp³-hybridized carbons (Fsp3) is 0.290. The minimum absolute atomic E-state index is 0.0993. The Morgan fingerprint density at radius 1 is 0.795 bits per heavy atom. The van der Waals surface area contributed by atoms with Gasteiger partial charge in [0.15, 0.2) is 5.78 Å². The number of ether oxygens (including phenoxy) is 3. The summed E-state index contributed by atoms with van der Waals surface area (Å²) in [5.74, 6) is -0.0481. The Labute approximate surface area is 228 Å². The number of carbonyl (C=O) groups is 2. The van der Waals surface area contributed by atoms with Crippen LogP contribution in [0.1, 0.15) is 72.2 Å². The van der Waals surface area contributed by atoms with Gasteiger partial charge in [0.05, 0.1) is 23.7 Å². The molecule has 0 aliphatic rings. The number of benzene rings is 3. The van der Waals surface area contributed by atoms with Gasteiger partial charge in [0.1, 0.15) is 11.5 Å². The zero-order valence-corrected chi connectivity index (χ0v) is 22.3. The highest BCUT2D eigenvalue weighted by atomic mass is 16.6. The summed E-state index contributed by atoms with van der Waals surface area (Å²) in [7, 11) is 0. The van der Waals surface area contributed by atoms with Gasteiger partial charge >= 0.3 is 11.7 Å². The van der Waals surface area contributed by atoms with Crippen LogP contribution < -0.4 is 14.2 Å². The first kappa shape index (κ1) is 29.1. The number of nitro groups is 1. The second-order valence-corrected chi connectivity index (χ2v) is 8.88. The van der Waals surface area contributed by atoms with Crippen LogP contribution in [0, 0.1) is 10.1 Å². The lowest BCUT2D eigenvalue weighted by atomic mass is 10.1. The molecule has 3 rings (SSSR count). The van der Waals surface area contributed by atoms with E-state index in [0.29, 0.717) is 19.0 Å². The first-order valence-electron chi connectivity index (χ1n) is 13.1. The van der Waals surface area contributed by atoms with E-state index in [-0.39, 0.29) is 16.9 Å².